The third-order valence-corrected chi connectivity index (χ3v) is 3.30. The fraction of sp³-hybridized carbons (Fsp3) is 0.200. The van der Waals surface area contributed by atoms with E-state index in [9.17, 15) is 9.59 Å². The van der Waals surface area contributed by atoms with Crippen LogP contribution in [0.4, 0.5) is 0 Å². The maximum atomic E-state index is 11.9. The number of hydrogen-bond donors (Lipinski definition) is 1. The summed E-state index contributed by atoms with van der Waals surface area (Å²) in [6.07, 6.45) is 2.27. The highest BCUT2D eigenvalue weighted by Crippen LogP contribution is 2.17. The molecule has 0 aliphatic carbocycles. The number of aryl methyl sites for hydroxylation is 1. The summed E-state index contributed by atoms with van der Waals surface area (Å²) in [5, 5.41) is 0.705. The van der Waals surface area contributed by atoms with Crippen LogP contribution in [0, 0.1) is 6.92 Å². The fourth-order valence-corrected chi connectivity index (χ4v) is 2.00. The number of pyridine rings is 1. The largest absolute Gasteiger partial charge is 0.329 e. The summed E-state index contributed by atoms with van der Waals surface area (Å²) >= 11 is 5.94. The molecule has 2 aromatic rings. The van der Waals surface area contributed by atoms with Gasteiger partial charge in [0.2, 0.25) is 5.56 Å². The van der Waals surface area contributed by atoms with E-state index in [0.29, 0.717) is 17.9 Å². The second-order valence-electron chi connectivity index (χ2n) is 4.54. The van der Waals surface area contributed by atoms with E-state index in [1.54, 1.807) is 18.3 Å². The van der Waals surface area contributed by atoms with Crippen molar-refractivity contribution in [1.82, 2.24) is 4.98 Å². The van der Waals surface area contributed by atoms with Gasteiger partial charge in [0, 0.05) is 30.1 Å². The molecule has 0 aliphatic heterocycles. The van der Waals surface area contributed by atoms with E-state index >= 15 is 0 Å². The molecule has 0 radical (unpaired) electrons. The predicted molar refractivity (Wildman–Crippen MR) is 75.7 cm³/mol. The molecular formula is C15H14ClNO2. The Morgan fingerprint density at radius 3 is 2.47 bits per heavy atom. The highest BCUT2D eigenvalue weighted by atomic mass is 35.5. The van der Waals surface area contributed by atoms with Gasteiger partial charge in [-0.15, -0.1) is 0 Å². The smallest absolute Gasteiger partial charge is 0.247 e. The first kappa shape index (κ1) is 13.6. The number of aromatic amines is 1. The van der Waals surface area contributed by atoms with Crippen LogP contribution < -0.4 is 5.56 Å². The third-order valence-electron chi connectivity index (χ3n) is 2.87. The molecule has 0 saturated heterocycles. The summed E-state index contributed by atoms with van der Waals surface area (Å²) in [5.41, 5.74) is 2.58. The fourth-order valence-electron chi connectivity index (χ4n) is 1.89. The molecule has 1 N–H and O–H groups in total. The quantitative estimate of drug-likeness (QED) is 0.933. The molecule has 1 heterocycles. The molecule has 0 aliphatic rings. The monoisotopic (exact) mass is 275 g/mol. The van der Waals surface area contributed by atoms with Gasteiger partial charge in [0.1, 0.15) is 5.78 Å². The van der Waals surface area contributed by atoms with Crippen molar-refractivity contribution in [3.63, 3.8) is 0 Å². The number of Topliss-reactive ketones (excluding diaryl/α,β-unsaturated/α-hetero) is 1. The topological polar surface area (TPSA) is 49.9 Å². The van der Waals surface area contributed by atoms with Crippen molar-refractivity contribution < 1.29 is 4.79 Å². The Hall–Kier alpha value is -1.87. The molecule has 0 atom stereocenters. The summed E-state index contributed by atoms with van der Waals surface area (Å²) in [4.78, 5) is 25.4. The van der Waals surface area contributed by atoms with Crippen LogP contribution in [0.5, 0.6) is 0 Å². The minimum atomic E-state index is -0.162. The average molecular weight is 276 g/mol. The van der Waals surface area contributed by atoms with E-state index in [1.807, 2.05) is 19.1 Å². The molecular weight excluding hydrogens is 262 g/mol. The molecule has 4 heteroatoms. The number of ketones is 1. The van der Waals surface area contributed by atoms with Crippen LogP contribution >= 0.6 is 11.6 Å². The number of carbonyl (C=O) groups is 1. The average Bonchev–Trinajstić information content (AvgIpc) is 2.37. The van der Waals surface area contributed by atoms with Gasteiger partial charge in [-0.25, -0.2) is 0 Å². The van der Waals surface area contributed by atoms with Crippen molar-refractivity contribution in [2.75, 3.05) is 0 Å². The minimum Gasteiger partial charge on any atom is -0.329 e. The Bertz CT molecular complexity index is 641. The number of nitrogens with one attached hydrogen (secondary N) is 1. The SMILES string of the molecule is Cc1cc(CC(=O)Cc2ccc(=O)[nH]c2)ccc1Cl. The van der Waals surface area contributed by atoms with Gasteiger partial charge in [-0.3, -0.25) is 9.59 Å². The van der Waals surface area contributed by atoms with Crippen molar-refractivity contribution in [3.8, 4) is 0 Å². The Morgan fingerprint density at radius 1 is 1.16 bits per heavy atom. The molecule has 0 unspecified atom stereocenters. The van der Waals surface area contributed by atoms with Crippen molar-refractivity contribution in [2.24, 2.45) is 0 Å². The van der Waals surface area contributed by atoms with Gasteiger partial charge < -0.3 is 4.98 Å². The van der Waals surface area contributed by atoms with Crippen LogP contribution in [0.1, 0.15) is 16.7 Å². The number of aromatic nitrogens is 1. The Morgan fingerprint density at radius 2 is 1.84 bits per heavy atom. The zero-order valence-electron chi connectivity index (χ0n) is 10.6. The summed E-state index contributed by atoms with van der Waals surface area (Å²) < 4.78 is 0. The van der Waals surface area contributed by atoms with Gasteiger partial charge in [0.15, 0.2) is 0 Å². The number of H-pyrrole nitrogens is 1. The van der Waals surface area contributed by atoms with Crippen molar-refractivity contribution in [2.45, 2.75) is 19.8 Å². The maximum absolute atomic E-state index is 11.9. The second kappa shape index (κ2) is 5.85. The highest BCUT2D eigenvalue weighted by molar-refractivity contribution is 6.31. The van der Waals surface area contributed by atoms with Gasteiger partial charge >= 0.3 is 0 Å². The maximum Gasteiger partial charge on any atom is 0.247 e. The number of benzene rings is 1. The van der Waals surface area contributed by atoms with Crippen molar-refractivity contribution in [3.05, 3.63) is 68.6 Å². The minimum absolute atomic E-state index is 0.105. The number of halogens is 1. The first-order valence-electron chi connectivity index (χ1n) is 5.99. The summed E-state index contributed by atoms with van der Waals surface area (Å²) in [6.45, 7) is 1.91. The van der Waals surface area contributed by atoms with Crippen LogP contribution in [-0.2, 0) is 17.6 Å². The van der Waals surface area contributed by atoms with E-state index in [2.05, 4.69) is 4.98 Å². The zero-order valence-corrected chi connectivity index (χ0v) is 11.3. The summed E-state index contributed by atoms with van der Waals surface area (Å²) in [5.74, 6) is 0.105. The van der Waals surface area contributed by atoms with E-state index < -0.39 is 0 Å². The van der Waals surface area contributed by atoms with Gasteiger partial charge in [-0.05, 0) is 29.7 Å². The second-order valence-corrected chi connectivity index (χ2v) is 4.94. The summed E-state index contributed by atoms with van der Waals surface area (Å²) in [6, 6.07) is 8.69. The zero-order chi connectivity index (χ0) is 13.8. The van der Waals surface area contributed by atoms with Crippen LogP contribution in [0.15, 0.2) is 41.3 Å². The highest BCUT2D eigenvalue weighted by Gasteiger charge is 2.06. The molecule has 3 nitrogen and oxygen atoms in total. The predicted octanol–water partition coefficient (Wildman–Crippen LogP) is 2.69. The lowest BCUT2D eigenvalue weighted by Crippen LogP contribution is -2.09. The Balaban J connectivity index is 2.03. The molecule has 19 heavy (non-hydrogen) atoms. The van der Waals surface area contributed by atoms with Crippen LogP contribution in [0.2, 0.25) is 5.02 Å². The number of carbonyl (C=O) groups excluding carboxylic acids is 1. The normalized spacial score (nSPS) is 10.4. The lowest BCUT2D eigenvalue weighted by Gasteiger charge is -2.04. The molecule has 1 aromatic heterocycles. The van der Waals surface area contributed by atoms with E-state index in [0.717, 1.165) is 16.7 Å². The lowest BCUT2D eigenvalue weighted by atomic mass is 10.0. The molecule has 1 aromatic carbocycles. The lowest BCUT2D eigenvalue weighted by molar-refractivity contribution is -0.117. The first-order chi connectivity index (χ1) is 9.04. The molecule has 0 amide bonds. The van der Waals surface area contributed by atoms with E-state index in [-0.39, 0.29) is 11.3 Å². The standard InChI is InChI=1S/C15H14ClNO2/c1-10-6-11(2-4-14(10)16)7-13(18)8-12-3-5-15(19)17-9-12/h2-6,9H,7-8H2,1H3,(H,17,19). The Kier molecular flexibility index (Phi) is 4.17. The van der Waals surface area contributed by atoms with Crippen LogP contribution in [0.25, 0.3) is 0 Å². The van der Waals surface area contributed by atoms with Crippen molar-refractivity contribution >= 4 is 17.4 Å². The number of rotatable bonds is 4. The van der Waals surface area contributed by atoms with Crippen LogP contribution in [0.3, 0.4) is 0 Å². The van der Waals surface area contributed by atoms with Gasteiger partial charge in [0.25, 0.3) is 0 Å². The van der Waals surface area contributed by atoms with Gasteiger partial charge in [0.05, 0.1) is 0 Å². The summed E-state index contributed by atoms with van der Waals surface area (Å²) in [7, 11) is 0. The van der Waals surface area contributed by atoms with E-state index in [4.69, 9.17) is 11.6 Å². The first-order valence-corrected chi connectivity index (χ1v) is 6.37. The molecule has 2 rings (SSSR count). The molecule has 98 valence electrons. The molecule has 0 fully saturated rings. The third kappa shape index (κ3) is 3.80. The molecule has 0 bridgehead atoms. The van der Waals surface area contributed by atoms with Gasteiger partial charge in [-0.1, -0.05) is 29.8 Å². The molecule has 0 saturated carbocycles. The molecule has 0 spiro atoms. The Labute approximate surface area is 116 Å². The van der Waals surface area contributed by atoms with Crippen molar-refractivity contribution in [1.29, 1.82) is 0 Å². The van der Waals surface area contributed by atoms with Crippen LogP contribution in [-0.4, -0.2) is 10.8 Å². The van der Waals surface area contributed by atoms with E-state index in [1.165, 1.54) is 6.07 Å². The van der Waals surface area contributed by atoms with Gasteiger partial charge in [-0.2, -0.15) is 0 Å². The number of hydrogen-bond acceptors (Lipinski definition) is 2.